The molecule has 2 aromatic rings. The van der Waals surface area contributed by atoms with Gasteiger partial charge in [0.15, 0.2) is 23.1 Å². The maximum absolute atomic E-state index is 12.5. The van der Waals surface area contributed by atoms with E-state index < -0.39 is 23.8 Å². The third-order valence-electron chi connectivity index (χ3n) is 9.34. The van der Waals surface area contributed by atoms with Gasteiger partial charge in [-0.15, -0.1) is 0 Å². The lowest BCUT2D eigenvalue weighted by Gasteiger charge is -2.20. The molecule has 2 aromatic heterocycles. The molecule has 306 valence electrons. The summed E-state index contributed by atoms with van der Waals surface area (Å²) in [6.07, 6.45) is 9.30. The van der Waals surface area contributed by atoms with Gasteiger partial charge in [-0.05, 0) is 96.8 Å². The van der Waals surface area contributed by atoms with Crippen LogP contribution in [0.15, 0.2) is 48.6 Å². The first kappa shape index (κ1) is 46.7. The number of amides is 3. The number of carbonyl (C=O) groups excluding carboxylic acids is 7. The van der Waals surface area contributed by atoms with Gasteiger partial charge >= 0.3 is 5.97 Å². The summed E-state index contributed by atoms with van der Waals surface area (Å²) in [5.41, 5.74) is 2.76. The molecule has 7 N–H and O–H groups in total. The SMILES string of the molecule is CC(=O)/C=C/[C@H](C[C@@H]1CCNC1=O)NC(=O)C(C)CC(=O)c1ccc(C)[nH]1.CN[C@H](/C=C/C(C)=O)C[C@@H]1CCNC1=O.Cc1ccc(C(=O)CC(C)C(=O)O)[nH]1. The molecule has 2 fully saturated rings. The van der Waals surface area contributed by atoms with E-state index in [2.05, 4.69) is 31.2 Å². The Labute approximate surface area is 328 Å². The molecule has 6 atom stereocenters. The molecule has 3 amide bonds. The van der Waals surface area contributed by atoms with Crippen molar-refractivity contribution in [2.45, 2.75) is 92.2 Å². The molecule has 2 aliphatic heterocycles. The summed E-state index contributed by atoms with van der Waals surface area (Å²) in [4.78, 5) is 97.8. The standard InChI is InChI=1S/C20H27N3O4.C11H18N2O2.C10H13NO3/c1-12(10-18(25)17-7-4-13(2)22-17)19(26)23-16(6-5-14(3)24)11-15-8-9-21-20(15)27;1-8(14)3-4-10(12-2)7-9-5-6-13-11(9)15;1-6(10(13)14)5-9(12)8-4-3-7(2)11-8/h4-7,12,15-16,22H,8-11H2,1-3H3,(H,21,27)(H,23,26);3-4,9-10,12H,5-7H2,1-2H3,(H,13,15);3-4,6,11H,5H2,1-2H3,(H,13,14)/b6-5+;4-3+;/t12?,15-,16+;9-,10+;/m00./s1. The number of H-pyrrole nitrogens is 2. The Balaban J connectivity index is 0.000000316. The second kappa shape index (κ2) is 23.5. The zero-order chi connectivity index (χ0) is 41.9. The fourth-order valence-corrected chi connectivity index (χ4v) is 5.95. The number of likely N-dealkylation sites (N-methyl/N-ethyl adjacent to an activating group) is 1. The first-order valence-electron chi connectivity index (χ1n) is 18.9. The molecular weight excluding hydrogens is 720 g/mol. The number of allylic oxidation sites excluding steroid dienone is 2. The molecule has 0 aliphatic carbocycles. The highest BCUT2D eigenvalue weighted by Crippen LogP contribution is 2.19. The van der Waals surface area contributed by atoms with Crippen molar-refractivity contribution in [3.05, 3.63) is 71.3 Å². The van der Waals surface area contributed by atoms with E-state index in [1.807, 2.05) is 33.0 Å². The van der Waals surface area contributed by atoms with Crippen molar-refractivity contribution < 1.29 is 43.5 Å². The minimum atomic E-state index is -0.943. The van der Waals surface area contributed by atoms with Crippen LogP contribution in [0.5, 0.6) is 0 Å². The van der Waals surface area contributed by atoms with Gasteiger partial charge in [-0.2, -0.15) is 0 Å². The minimum absolute atomic E-state index is 0.0317. The van der Waals surface area contributed by atoms with Crippen molar-refractivity contribution in [2.24, 2.45) is 23.7 Å². The van der Waals surface area contributed by atoms with Crippen LogP contribution in [0.1, 0.15) is 98.6 Å². The highest BCUT2D eigenvalue weighted by Gasteiger charge is 2.29. The smallest absolute Gasteiger partial charge is 0.306 e. The molecule has 4 rings (SSSR count). The Morgan fingerprint density at radius 2 is 1.16 bits per heavy atom. The Kier molecular flexibility index (Phi) is 19.6. The first-order valence-corrected chi connectivity index (χ1v) is 18.9. The van der Waals surface area contributed by atoms with E-state index in [1.54, 1.807) is 37.3 Å². The Morgan fingerprint density at radius 1 is 0.732 bits per heavy atom. The number of Topliss-reactive ketones (excluding diaryl/α,β-unsaturated/α-hetero) is 2. The summed E-state index contributed by atoms with van der Waals surface area (Å²) in [6.45, 7) is 11.3. The van der Waals surface area contributed by atoms with Crippen molar-refractivity contribution >= 4 is 46.8 Å². The van der Waals surface area contributed by atoms with Crippen molar-refractivity contribution in [3.8, 4) is 0 Å². The van der Waals surface area contributed by atoms with E-state index in [9.17, 15) is 38.4 Å². The van der Waals surface area contributed by atoms with Gasteiger partial charge in [0, 0.05) is 67.2 Å². The van der Waals surface area contributed by atoms with E-state index in [4.69, 9.17) is 5.11 Å². The molecule has 2 unspecified atom stereocenters. The van der Waals surface area contributed by atoms with Gasteiger partial charge < -0.3 is 36.3 Å². The van der Waals surface area contributed by atoms with Crippen LogP contribution in [-0.2, 0) is 28.8 Å². The van der Waals surface area contributed by atoms with Crippen molar-refractivity contribution in [2.75, 3.05) is 20.1 Å². The van der Waals surface area contributed by atoms with Gasteiger partial charge in [0.05, 0.1) is 17.3 Å². The predicted octanol–water partition coefficient (Wildman–Crippen LogP) is 3.55. The van der Waals surface area contributed by atoms with Crippen LogP contribution >= 0.6 is 0 Å². The van der Waals surface area contributed by atoms with E-state index in [0.717, 1.165) is 30.8 Å². The number of ketones is 4. The highest BCUT2D eigenvalue weighted by atomic mass is 16.4. The van der Waals surface area contributed by atoms with Crippen molar-refractivity contribution in [3.63, 3.8) is 0 Å². The average Bonchev–Trinajstić information content (AvgIpc) is 3.96. The zero-order valence-corrected chi connectivity index (χ0v) is 33.5. The maximum atomic E-state index is 12.5. The molecule has 0 aromatic carbocycles. The topological polar surface area (TPSA) is 236 Å². The van der Waals surface area contributed by atoms with Gasteiger partial charge in [-0.1, -0.05) is 26.0 Å². The Bertz CT molecular complexity index is 1760. The van der Waals surface area contributed by atoms with Gasteiger partial charge in [-0.25, -0.2) is 0 Å². The number of rotatable bonds is 18. The number of aryl methyl sites for hydroxylation is 2. The lowest BCUT2D eigenvalue weighted by atomic mass is 9.96. The number of aromatic nitrogens is 2. The molecule has 2 saturated heterocycles. The number of hydrogen-bond acceptors (Lipinski definition) is 9. The van der Waals surface area contributed by atoms with Crippen LogP contribution in [0.25, 0.3) is 0 Å². The summed E-state index contributed by atoms with van der Waals surface area (Å²) in [6, 6.07) is 6.65. The predicted molar refractivity (Wildman–Crippen MR) is 211 cm³/mol. The Morgan fingerprint density at radius 3 is 1.52 bits per heavy atom. The number of aliphatic carboxylic acids is 1. The third kappa shape index (κ3) is 16.9. The number of carboxylic acid groups (broad SMARTS) is 1. The Hall–Kier alpha value is -5.44. The van der Waals surface area contributed by atoms with Crippen LogP contribution in [0, 0.1) is 37.5 Å². The van der Waals surface area contributed by atoms with Gasteiger partial charge in [0.25, 0.3) is 0 Å². The molecule has 2 aliphatic rings. The lowest BCUT2D eigenvalue weighted by Crippen LogP contribution is -2.39. The minimum Gasteiger partial charge on any atom is -0.481 e. The molecule has 4 heterocycles. The van der Waals surface area contributed by atoms with Crippen LogP contribution in [0.4, 0.5) is 0 Å². The molecule has 15 nitrogen and oxygen atoms in total. The van der Waals surface area contributed by atoms with E-state index >= 15 is 0 Å². The molecule has 0 spiro atoms. The molecule has 0 bridgehead atoms. The maximum Gasteiger partial charge on any atom is 0.306 e. The van der Waals surface area contributed by atoms with Gasteiger partial charge in [0.1, 0.15) is 0 Å². The third-order valence-corrected chi connectivity index (χ3v) is 9.34. The zero-order valence-electron chi connectivity index (χ0n) is 33.5. The van der Waals surface area contributed by atoms with E-state index in [0.29, 0.717) is 30.8 Å². The van der Waals surface area contributed by atoms with E-state index in [1.165, 1.54) is 26.8 Å². The second-order valence-electron chi connectivity index (χ2n) is 14.5. The van der Waals surface area contributed by atoms with Crippen molar-refractivity contribution in [1.29, 1.82) is 0 Å². The normalized spacial score (nSPS) is 18.4. The molecule has 15 heteroatoms. The van der Waals surface area contributed by atoms with Crippen LogP contribution in [-0.4, -0.2) is 94.1 Å². The number of aromatic amines is 2. The number of hydrogen-bond donors (Lipinski definition) is 7. The van der Waals surface area contributed by atoms with E-state index in [-0.39, 0.29) is 71.6 Å². The monoisotopic (exact) mass is 778 g/mol. The van der Waals surface area contributed by atoms with Gasteiger partial charge in [-0.3, -0.25) is 38.4 Å². The second-order valence-corrected chi connectivity index (χ2v) is 14.5. The summed E-state index contributed by atoms with van der Waals surface area (Å²) < 4.78 is 0. The largest absolute Gasteiger partial charge is 0.481 e. The number of nitrogens with one attached hydrogen (secondary N) is 6. The molecule has 0 saturated carbocycles. The van der Waals surface area contributed by atoms with Crippen LogP contribution in [0.3, 0.4) is 0 Å². The van der Waals surface area contributed by atoms with Gasteiger partial charge in [0.2, 0.25) is 17.7 Å². The number of carboxylic acids is 1. The summed E-state index contributed by atoms with van der Waals surface area (Å²) in [5.74, 6) is -2.76. The number of carbonyl (C=O) groups is 8. The quantitative estimate of drug-likeness (QED) is 0.0859. The van der Waals surface area contributed by atoms with Crippen LogP contribution < -0.4 is 21.3 Å². The van der Waals surface area contributed by atoms with Crippen molar-refractivity contribution in [1.82, 2.24) is 31.2 Å². The first-order chi connectivity index (χ1) is 26.4. The fourth-order valence-electron chi connectivity index (χ4n) is 5.95. The summed E-state index contributed by atoms with van der Waals surface area (Å²) >= 11 is 0. The highest BCUT2D eigenvalue weighted by molar-refractivity contribution is 5.97. The molecular formula is C41H58N6O9. The molecule has 56 heavy (non-hydrogen) atoms. The summed E-state index contributed by atoms with van der Waals surface area (Å²) in [5, 5.41) is 20.1. The lowest BCUT2D eigenvalue weighted by molar-refractivity contribution is -0.141. The fraction of sp³-hybridized carbons (Fsp3) is 0.512. The summed E-state index contributed by atoms with van der Waals surface area (Å²) in [7, 11) is 1.84. The average molecular weight is 779 g/mol. The van der Waals surface area contributed by atoms with Crippen LogP contribution in [0.2, 0.25) is 0 Å². The molecule has 0 radical (unpaired) electrons.